The fourth-order valence-corrected chi connectivity index (χ4v) is 2.61. The van der Waals surface area contributed by atoms with E-state index < -0.39 is 0 Å². The molecule has 0 radical (unpaired) electrons. The van der Waals surface area contributed by atoms with Crippen LogP contribution < -0.4 is 14.8 Å². The molecule has 4 heteroatoms. The molecule has 0 fully saturated rings. The zero-order chi connectivity index (χ0) is 12.2. The van der Waals surface area contributed by atoms with Gasteiger partial charge < -0.3 is 14.8 Å². The maximum atomic E-state index is 5.87. The molecule has 0 amide bonds. The van der Waals surface area contributed by atoms with Crippen molar-refractivity contribution >= 4 is 11.3 Å². The molecular weight excluding hydrogens is 246 g/mol. The normalized spacial score (nSPS) is 17.7. The van der Waals surface area contributed by atoms with Crippen LogP contribution in [-0.2, 0) is 6.54 Å². The summed E-state index contributed by atoms with van der Waals surface area (Å²) in [7, 11) is 0. The Morgan fingerprint density at radius 3 is 2.89 bits per heavy atom. The fraction of sp³-hybridized carbons (Fsp3) is 0.286. The van der Waals surface area contributed by atoms with Crippen molar-refractivity contribution in [2.45, 2.75) is 12.6 Å². The average molecular weight is 261 g/mol. The molecule has 18 heavy (non-hydrogen) atoms. The fourth-order valence-electron chi connectivity index (χ4n) is 1.93. The molecule has 1 aliphatic rings. The standard InChI is InChI=1S/C14H15NO2S/c1-2-6-14-13(5-1)16-10-11(17-14)8-15-9-12-4-3-7-18-12/h1-7,11,15H,8-10H2. The van der Waals surface area contributed by atoms with E-state index in [-0.39, 0.29) is 6.10 Å². The molecule has 1 atom stereocenters. The highest BCUT2D eigenvalue weighted by molar-refractivity contribution is 7.09. The molecule has 2 aromatic rings. The third-order valence-electron chi connectivity index (χ3n) is 2.82. The van der Waals surface area contributed by atoms with Gasteiger partial charge in [0, 0.05) is 18.0 Å². The Hall–Kier alpha value is -1.52. The Balaban J connectivity index is 1.51. The summed E-state index contributed by atoms with van der Waals surface area (Å²) in [5.41, 5.74) is 0. The number of hydrogen-bond acceptors (Lipinski definition) is 4. The Morgan fingerprint density at radius 1 is 1.17 bits per heavy atom. The Bertz CT molecular complexity index is 498. The molecule has 3 rings (SSSR count). The molecule has 0 bridgehead atoms. The molecule has 0 aliphatic carbocycles. The number of fused-ring (bicyclic) bond motifs is 1. The van der Waals surface area contributed by atoms with Crippen molar-refractivity contribution in [3.8, 4) is 11.5 Å². The van der Waals surface area contributed by atoms with Crippen LogP contribution in [0.25, 0.3) is 0 Å². The predicted molar refractivity (Wildman–Crippen MR) is 72.4 cm³/mol. The van der Waals surface area contributed by atoms with E-state index in [1.54, 1.807) is 11.3 Å². The molecule has 1 N–H and O–H groups in total. The first-order valence-electron chi connectivity index (χ1n) is 6.03. The summed E-state index contributed by atoms with van der Waals surface area (Å²) in [5.74, 6) is 1.68. The number of thiophene rings is 1. The van der Waals surface area contributed by atoms with E-state index in [2.05, 4.69) is 22.8 Å². The molecule has 2 heterocycles. The van der Waals surface area contributed by atoms with Gasteiger partial charge in [0.2, 0.25) is 0 Å². The van der Waals surface area contributed by atoms with Gasteiger partial charge in [0.1, 0.15) is 12.7 Å². The summed E-state index contributed by atoms with van der Waals surface area (Å²) in [6, 6.07) is 12.0. The molecule has 0 saturated heterocycles. The minimum atomic E-state index is 0.0832. The number of nitrogens with one attached hydrogen (secondary N) is 1. The number of rotatable bonds is 4. The second-order valence-electron chi connectivity index (χ2n) is 4.21. The SMILES string of the molecule is c1csc(CNCC2COc3ccccc3O2)c1. The smallest absolute Gasteiger partial charge is 0.161 e. The van der Waals surface area contributed by atoms with E-state index in [1.807, 2.05) is 24.3 Å². The zero-order valence-corrected chi connectivity index (χ0v) is 10.8. The van der Waals surface area contributed by atoms with Gasteiger partial charge in [0.05, 0.1) is 0 Å². The minimum absolute atomic E-state index is 0.0832. The quantitative estimate of drug-likeness (QED) is 0.918. The van der Waals surface area contributed by atoms with Gasteiger partial charge in [0.25, 0.3) is 0 Å². The first kappa shape index (κ1) is 11.6. The molecule has 94 valence electrons. The summed E-state index contributed by atoms with van der Waals surface area (Å²) in [6.07, 6.45) is 0.0832. The van der Waals surface area contributed by atoms with Crippen LogP contribution >= 0.6 is 11.3 Å². The lowest BCUT2D eigenvalue weighted by Gasteiger charge is -2.26. The van der Waals surface area contributed by atoms with Gasteiger partial charge in [0.15, 0.2) is 11.5 Å². The summed E-state index contributed by atoms with van der Waals surface area (Å²) in [4.78, 5) is 1.34. The third kappa shape index (κ3) is 2.66. The van der Waals surface area contributed by atoms with Crippen molar-refractivity contribution in [1.29, 1.82) is 0 Å². The molecule has 3 nitrogen and oxygen atoms in total. The largest absolute Gasteiger partial charge is 0.486 e. The topological polar surface area (TPSA) is 30.5 Å². The van der Waals surface area contributed by atoms with E-state index in [0.717, 1.165) is 24.6 Å². The number of ether oxygens (including phenoxy) is 2. The van der Waals surface area contributed by atoms with E-state index in [1.165, 1.54) is 4.88 Å². The van der Waals surface area contributed by atoms with Crippen molar-refractivity contribution < 1.29 is 9.47 Å². The Kier molecular flexibility index (Phi) is 3.48. The van der Waals surface area contributed by atoms with Gasteiger partial charge in [-0.3, -0.25) is 0 Å². The summed E-state index contributed by atoms with van der Waals surface area (Å²) in [6.45, 7) is 2.29. The maximum absolute atomic E-state index is 5.87. The molecule has 1 unspecified atom stereocenters. The second-order valence-corrected chi connectivity index (χ2v) is 5.24. The molecule has 1 aromatic carbocycles. The predicted octanol–water partition coefficient (Wildman–Crippen LogP) is 2.68. The van der Waals surface area contributed by atoms with E-state index in [9.17, 15) is 0 Å². The van der Waals surface area contributed by atoms with Gasteiger partial charge in [-0.15, -0.1) is 11.3 Å². The van der Waals surface area contributed by atoms with Crippen LogP contribution in [0.1, 0.15) is 4.88 Å². The molecule has 1 aromatic heterocycles. The Morgan fingerprint density at radius 2 is 2.06 bits per heavy atom. The highest BCUT2D eigenvalue weighted by Crippen LogP contribution is 2.30. The zero-order valence-electron chi connectivity index (χ0n) is 9.96. The van der Waals surface area contributed by atoms with Crippen molar-refractivity contribution in [3.05, 3.63) is 46.7 Å². The molecule has 0 saturated carbocycles. The van der Waals surface area contributed by atoms with E-state index in [0.29, 0.717) is 6.61 Å². The monoisotopic (exact) mass is 261 g/mol. The van der Waals surface area contributed by atoms with Crippen molar-refractivity contribution in [2.24, 2.45) is 0 Å². The van der Waals surface area contributed by atoms with Crippen LogP contribution in [0.5, 0.6) is 11.5 Å². The second kappa shape index (κ2) is 5.42. The number of benzene rings is 1. The van der Waals surface area contributed by atoms with Crippen molar-refractivity contribution in [3.63, 3.8) is 0 Å². The van der Waals surface area contributed by atoms with E-state index in [4.69, 9.17) is 9.47 Å². The Labute approximate surface area is 110 Å². The van der Waals surface area contributed by atoms with Crippen LogP contribution in [0.15, 0.2) is 41.8 Å². The lowest BCUT2D eigenvalue weighted by Crippen LogP contribution is -2.38. The van der Waals surface area contributed by atoms with Crippen LogP contribution in [0.3, 0.4) is 0 Å². The highest BCUT2D eigenvalue weighted by Gasteiger charge is 2.19. The first-order chi connectivity index (χ1) is 8.92. The van der Waals surface area contributed by atoms with Crippen LogP contribution in [0, 0.1) is 0 Å². The van der Waals surface area contributed by atoms with Gasteiger partial charge in [-0.2, -0.15) is 0 Å². The van der Waals surface area contributed by atoms with Crippen LogP contribution in [0.2, 0.25) is 0 Å². The summed E-state index contributed by atoms with van der Waals surface area (Å²) in [5, 5.41) is 5.48. The number of hydrogen-bond donors (Lipinski definition) is 1. The van der Waals surface area contributed by atoms with Gasteiger partial charge in [-0.25, -0.2) is 0 Å². The first-order valence-corrected chi connectivity index (χ1v) is 6.91. The molecular formula is C14H15NO2S. The van der Waals surface area contributed by atoms with E-state index >= 15 is 0 Å². The minimum Gasteiger partial charge on any atom is -0.486 e. The van der Waals surface area contributed by atoms with Crippen LogP contribution in [-0.4, -0.2) is 19.3 Å². The highest BCUT2D eigenvalue weighted by atomic mass is 32.1. The molecule has 1 aliphatic heterocycles. The van der Waals surface area contributed by atoms with Crippen molar-refractivity contribution in [2.75, 3.05) is 13.2 Å². The lowest BCUT2D eigenvalue weighted by atomic mass is 10.2. The van der Waals surface area contributed by atoms with Crippen LogP contribution in [0.4, 0.5) is 0 Å². The van der Waals surface area contributed by atoms with Crippen molar-refractivity contribution in [1.82, 2.24) is 5.32 Å². The van der Waals surface area contributed by atoms with Gasteiger partial charge >= 0.3 is 0 Å². The number of para-hydroxylation sites is 2. The lowest BCUT2D eigenvalue weighted by molar-refractivity contribution is 0.0903. The van der Waals surface area contributed by atoms with Gasteiger partial charge in [-0.1, -0.05) is 18.2 Å². The third-order valence-corrected chi connectivity index (χ3v) is 3.70. The average Bonchev–Trinajstić information content (AvgIpc) is 2.92. The summed E-state index contributed by atoms with van der Waals surface area (Å²) >= 11 is 1.76. The van der Waals surface area contributed by atoms with Gasteiger partial charge in [-0.05, 0) is 23.6 Å². The summed E-state index contributed by atoms with van der Waals surface area (Å²) < 4.78 is 11.5. The maximum Gasteiger partial charge on any atom is 0.161 e. The molecule has 0 spiro atoms.